The molecular weight excluding hydrogens is 340 g/mol. The van der Waals surface area contributed by atoms with Gasteiger partial charge in [-0.25, -0.2) is 0 Å². The number of nitrogens with zero attached hydrogens (tertiary/aromatic N) is 2. The van der Waals surface area contributed by atoms with Crippen molar-refractivity contribution in [1.29, 1.82) is 0 Å². The molecule has 0 aromatic rings. The molecule has 0 heterocycles. The zero-order valence-corrected chi connectivity index (χ0v) is 20.4. The molecular formula is C23H54ClN2+. The number of halogens is 1. The van der Waals surface area contributed by atoms with Gasteiger partial charge >= 0.3 is 0 Å². The van der Waals surface area contributed by atoms with Gasteiger partial charge in [-0.1, -0.05) is 53.4 Å². The largest absolute Gasteiger partial charge is 0.324 e. The third-order valence-electron chi connectivity index (χ3n) is 4.94. The molecule has 0 unspecified atom stereocenters. The van der Waals surface area contributed by atoms with Gasteiger partial charge in [-0.3, -0.25) is 0 Å². The maximum atomic E-state index is 2.33. The Balaban J connectivity index is -0.000000951. The van der Waals surface area contributed by atoms with E-state index < -0.39 is 0 Å². The van der Waals surface area contributed by atoms with Crippen LogP contribution in [0.3, 0.4) is 0 Å². The molecule has 0 amide bonds. The van der Waals surface area contributed by atoms with Crippen molar-refractivity contribution in [2.24, 2.45) is 0 Å². The Bertz CT molecular complexity index is 196. The lowest BCUT2D eigenvalue weighted by Crippen LogP contribution is -2.50. The van der Waals surface area contributed by atoms with Crippen LogP contribution in [-0.4, -0.2) is 56.7 Å². The Kier molecular flexibility index (Phi) is 27.7. The first-order valence-corrected chi connectivity index (χ1v) is 11.4. The van der Waals surface area contributed by atoms with Gasteiger partial charge < -0.3 is 9.38 Å². The molecule has 0 aromatic carbocycles. The molecule has 0 aliphatic carbocycles. The molecule has 2 nitrogen and oxygen atoms in total. The van der Waals surface area contributed by atoms with E-state index in [1.165, 1.54) is 108 Å². The van der Waals surface area contributed by atoms with Crippen LogP contribution in [0.5, 0.6) is 0 Å². The van der Waals surface area contributed by atoms with E-state index in [1.807, 2.05) is 26.0 Å². The average Bonchev–Trinajstić information content (AvgIpc) is 2.55. The molecule has 26 heavy (non-hydrogen) atoms. The second-order valence-corrected chi connectivity index (χ2v) is 8.41. The van der Waals surface area contributed by atoms with Gasteiger partial charge in [-0.05, 0) is 72.5 Å². The van der Waals surface area contributed by atoms with Crippen molar-refractivity contribution in [3.05, 3.63) is 0 Å². The monoisotopic (exact) mass is 393 g/mol. The van der Waals surface area contributed by atoms with Crippen LogP contribution in [0.4, 0.5) is 0 Å². The molecule has 0 atom stereocenters. The lowest BCUT2D eigenvalue weighted by atomic mass is 10.1. The van der Waals surface area contributed by atoms with Crippen LogP contribution in [-0.2, 0) is 0 Å². The van der Waals surface area contributed by atoms with Gasteiger partial charge in [0.2, 0.25) is 0 Å². The van der Waals surface area contributed by atoms with Gasteiger partial charge in [0.05, 0.1) is 26.2 Å². The highest BCUT2D eigenvalue weighted by Gasteiger charge is 2.25. The van der Waals surface area contributed by atoms with Crippen molar-refractivity contribution in [3.63, 3.8) is 0 Å². The third kappa shape index (κ3) is 22.3. The summed E-state index contributed by atoms with van der Waals surface area (Å²) in [4.78, 5) is 2.00. The molecule has 0 aliphatic heterocycles. The van der Waals surface area contributed by atoms with E-state index in [4.69, 9.17) is 0 Å². The van der Waals surface area contributed by atoms with Crippen LogP contribution in [0.25, 0.3) is 0 Å². The molecule has 0 N–H and O–H groups in total. The van der Waals surface area contributed by atoms with Gasteiger partial charge in [0.1, 0.15) is 0 Å². The van der Waals surface area contributed by atoms with Gasteiger partial charge in [0.15, 0.2) is 0 Å². The van der Waals surface area contributed by atoms with Gasteiger partial charge in [0.25, 0.3) is 0 Å². The van der Waals surface area contributed by atoms with Crippen molar-refractivity contribution in [2.75, 3.05) is 47.3 Å². The minimum atomic E-state index is 0. The maximum Gasteiger partial charge on any atom is 0.0786 e. The standard InChI is InChI=1S/C20H44N.C3H9N.ClH/c1-5-9-13-17-21(18-14-10-6-2,19-15-11-7-3)20-16-12-8-4;1-4(2)3;/h5-20H2,1-4H3;1-3H3;1H/q+1;;. The molecule has 0 radical (unpaired) electrons. The second-order valence-electron chi connectivity index (χ2n) is 8.41. The summed E-state index contributed by atoms with van der Waals surface area (Å²) in [6.45, 7) is 15.1. The summed E-state index contributed by atoms with van der Waals surface area (Å²) in [5.74, 6) is 0. The zero-order chi connectivity index (χ0) is 19.4. The smallest absolute Gasteiger partial charge is 0.0786 e. The summed E-state index contributed by atoms with van der Waals surface area (Å²) < 4.78 is 1.44. The normalized spacial score (nSPS) is 11.1. The fraction of sp³-hybridized carbons (Fsp3) is 1.00. The molecule has 3 heteroatoms. The van der Waals surface area contributed by atoms with Crippen LogP contribution >= 0.6 is 12.4 Å². The van der Waals surface area contributed by atoms with E-state index in [9.17, 15) is 0 Å². The summed E-state index contributed by atoms with van der Waals surface area (Å²) >= 11 is 0. The fourth-order valence-corrected chi connectivity index (χ4v) is 3.46. The summed E-state index contributed by atoms with van der Waals surface area (Å²) in [7, 11) is 6.00. The van der Waals surface area contributed by atoms with Crippen LogP contribution in [0.2, 0.25) is 0 Å². The molecule has 0 aromatic heterocycles. The number of hydrogen-bond acceptors (Lipinski definition) is 1. The maximum absolute atomic E-state index is 2.33. The Labute approximate surface area is 174 Å². The lowest BCUT2D eigenvalue weighted by Gasteiger charge is -2.39. The Morgan fingerprint density at radius 2 is 0.654 bits per heavy atom. The summed E-state index contributed by atoms with van der Waals surface area (Å²) in [5, 5.41) is 0. The zero-order valence-electron chi connectivity index (χ0n) is 19.6. The first kappa shape index (κ1) is 30.9. The minimum absolute atomic E-state index is 0. The highest BCUT2D eigenvalue weighted by atomic mass is 35.5. The SMILES string of the molecule is CCCCC[N+](CCCCC)(CCCCC)CCCCC.CN(C)C.Cl. The Morgan fingerprint density at radius 3 is 0.808 bits per heavy atom. The second kappa shape index (κ2) is 23.2. The van der Waals surface area contributed by atoms with Crippen LogP contribution in [0, 0.1) is 0 Å². The van der Waals surface area contributed by atoms with E-state index in [1.54, 1.807) is 0 Å². The number of hydrogen-bond donors (Lipinski definition) is 0. The van der Waals surface area contributed by atoms with Crippen molar-refractivity contribution in [1.82, 2.24) is 4.90 Å². The van der Waals surface area contributed by atoms with E-state index >= 15 is 0 Å². The van der Waals surface area contributed by atoms with Gasteiger partial charge in [-0.15, -0.1) is 12.4 Å². The van der Waals surface area contributed by atoms with Crippen molar-refractivity contribution >= 4 is 12.4 Å². The molecule has 0 rings (SSSR count). The predicted octanol–water partition coefficient (Wildman–Crippen LogP) is 7.16. The third-order valence-corrected chi connectivity index (χ3v) is 4.94. The van der Waals surface area contributed by atoms with E-state index in [2.05, 4.69) is 27.7 Å². The highest BCUT2D eigenvalue weighted by Crippen LogP contribution is 2.18. The van der Waals surface area contributed by atoms with E-state index in [0.29, 0.717) is 0 Å². The quantitative estimate of drug-likeness (QED) is 0.198. The summed E-state index contributed by atoms with van der Waals surface area (Å²) in [6.07, 6.45) is 16.9. The van der Waals surface area contributed by atoms with Crippen molar-refractivity contribution < 1.29 is 4.48 Å². The Morgan fingerprint density at radius 1 is 0.462 bits per heavy atom. The number of unbranched alkanes of at least 4 members (excludes halogenated alkanes) is 8. The molecule has 0 fully saturated rings. The van der Waals surface area contributed by atoms with E-state index in [0.717, 1.165) is 0 Å². The summed E-state index contributed by atoms with van der Waals surface area (Å²) in [5.41, 5.74) is 0. The van der Waals surface area contributed by atoms with Crippen LogP contribution in [0.15, 0.2) is 0 Å². The van der Waals surface area contributed by atoms with Crippen molar-refractivity contribution in [2.45, 2.75) is 105 Å². The molecule has 162 valence electrons. The first-order valence-electron chi connectivity index (χ1n) is 11.4. The van der Waals surface area contributed by atoms with Crippen LogP contribution in [0.1, 0.15) is 105 Å². The Hall–Kier alpha value is 0.210. The lowest BCUT2D eigenvalue weighted by molar-refractivity contribution is -0.929. The number of quaternary nitrogens is 1. The fourth-order valence-electron chi connectivity index (χ4n) is 3.46. The van der Waals surface area contributed by atoms with Gasteiger partial charge in [0, 0.05) is 0 Å². The van der Waals surface area contributed by atoms with Crippen LogP contribution < -0.4 is 0 Å². The predicted molar refractivity (Wildman–Crippen MR) is 125 cm³/mol. The van der Waals surface area contributed by atoms with E-state index in [-0.39, 0.29) is 12.4 Å². The molecule has 0 saturated heterocycles. The minimum Gasteiger partial charge on any atom is -0.324 e. The topological polar surface area (TPSA) is 3.24 Å². The van der Waals surface area contributed by atoms with Gasteiger partial charge in [-0.2, -0.15) is 0 Å². The summed E-state index contributed by atoms with van der Waals surface area (Å²) in [6, 6.07) is 0. The van der Waals surface area contributed by atoms with Crippen molar-refractivity contribution in [3.8, 4) is 0 Å². The molecule has 0 spiro atoms. The molecule has 0 bridgehead atoms. The molecule has 0 aliphatic rings. The molecule has 0 saturated carbocycles. The number of rotatable bonds is 16. The highest BCUT2D eigenvalue weighted by molar-refractivity contribution is 5.85. The average molecular weight is 394 g/mol. The first-order chi connectivity index (χ1) is 12.0.